The number of hydrogen-bond acceptors (Lipinski definition) is 6. The van der Waals surface area contributed by atoms with Crippen LogP contribution in [0.25, 0.3) is 0 Å². The molecule has 0 fully saturated rings. The van der Waals surface area contributed by atoms with Crippen molar-refractivity contribution >= 4 is 17.9 Å². The van der Waals surface area contributed by atoms with E-state index in [1.165, 1.54) is 186 Å². The summed E-state index contributed by atoms with van der Waals surface area (Å²) in [6.45, 7) is 6.45. The lowest BCUT2D eigenvalue weighted by atomic mass is 10.0. The van der Waals surface area contributed by atoms with Crippen molar-refractivity contribution in [3.63, 3.8) is 0 Å². The van der Waals surface area contributed by atoms with E-state index >= 15 is 0 Å². The van der Waals surface area contributed by atoms with Gasteiger partial charge in [0.15, 0.2) is 6.10 Å². The van der Waals surface area contributed by atoms with E-state index in [-0.39, 0.29) is 31.6 Å². The van der Waals surface area contributed by atoms with E-state index in [2.05, 4.69) is 81.5 Å². The van der Waals surface area contributed by atoms with Crippen LogP contribution in [0.5, 0.6) is 0 Å². The molecule has 0 radical (unpaired) electrons. The zero-order chi connectivity index (χ0) is 50.7. The number of carbonyl (C=O) groups excluding carboxylic acids is 3. The fraction of sp³-hybridized carbons (Fsp3) is 0.766. The smallest absolute Gasteiger partial charge is 0.310 e. The minimum absolute atomic E-state index is 0.0998. The lowest BCUT2D eigenvalue weighted by Crippen LogP contribution is -2.30. The van der Waals surface area contributed by atoms with Gasteiger partial charge in [-0.3, -0.25) is 14.4 Å². The van der Waals surface area contributed by atoms with Crippen LogP contribution in [0.2, 0.25) is 0 Å². The van der Waals surface area contributed by atoms with Crippen molar-refractivity contribution < 1.29 is 28.6 Å². The van der Waals surface area contributed by atoms with E-state index in [0.29, 0.717) is 12.8 Å². The molecule has 0 aliphatic carbocycles. The molecule has 1 unspecified atom stereocenters. The van der Waals surface area contributed by atoms with E-state index < -0.39 is 12.1 Å². The van der Waals surface area contributed by atoms with Gasteiger partial charge in [0, 0.05) is 12.8 Å². The topological polar surface area (TPSA) is 78.9 Å². The molecule has 0 aliphatic heterocycles. The standard InChI is InChI=1S/C64H112O6/c1-4-7-10-13-16-19-22-24-26-27-28-29-30-31-32-33-34-35-36-37-39-40-42-45-48-51-54-57-63(66)69-60-61(59-68-62(65)56-53-50-47-44-21-18-15-12-9-6-3)70-64(67)58-55-52-49-46-43-41-38-25-23-20-17-14-11-8-5-2/h8,11,17,20,25,27-28,38,43,46,52,55,61H,4-7,9-10,12-16,18-19,21-24,26,29-37,39-42,44-45,47-51,53-54,56-60H2,1-3H3/b11-8-,20-17-,28-27-,38-25-,46-43-,55-52-. The molecular formula is C64H112O6. The van der Waals surface area contributed by atoms with Gasteiger partial charge in [-0.05, 0) is 70.6 Å². The van der Waals surface area contributed by atoms with Crippen LogP contribution in [0, 0.1) is 0 Å². The van der Waals surface area contributed by atoms with Gasteiger partial charge in [-0.15, -0.1) is 0 Å². The summed E-state index contributed by atoms with van der Waals surface area (Å²) in [5.74, 6) is -1.03. The highest BCUT2D eigenvalue weighted by Gasteiger charge is 2.19. The van der Waals surface area contributed by atoms with E-state index in [4.69, 9.17) is 14.2 Å². The van der Waals surface area contributed by atoms with Gasteiger partial charge >= 0.3 is 17.9 Å². The average Bonchev–Trinajstić information content (AvgIpc) is 3.36. The summed E-state index contributed by atoms with van der Waals surface area (Å²) in [4.78, 5) is 38.0. The van der Waals surface area contributed by atoms with Crippen molar-refractivity contribution in [2.24, 2.45) is 0 Å². The van der Waals surface area contributed by atoms with Crippen LogP contribution >= 0.6 is 0 Å². The first-order valence-electron chi connectivity index (χ1n) is 29.9. The summed E-state index contributed by atoms with van der Waals surface area (Å²) in [6, 6.07) is 0. The number of ether oxygens (including phenoxy) is 3. The molecule has 0 amide bonds. The lowest BCUT2D eigenvalue weighted by molar-refractivity contribution is -0.166. The normalized spacial score (nSPS) is 12.6. The van der Waals surface area contributed by atoms with Crippen molar-refractivity contribution in [1.82, 2.24) is 0 Å². The van der Waals surface area contributed by atoms with Gasteiger partial charge in [0.1, 0.15) is 13.2 Å². The summed E-state index contributed by atoms with van der Waals surface area (Å²) >= 11 is 0. The molecule has 0 saturated heterocycles. The van der Waals surface area contributed by atoms with Gasteiger partial charge in [0.05, 0.1) is 6.42 Å². The predicted octanol–water partition coefficient (Wildman–Crippen LogP) is 20.2. The summed E-state index contributed by atoms with van der Waals surface area (Å²) in [6.07, 6.45) is 75.2. The molecule has 0 spiro atoms. The average molecular weight is 978 g/mol. The Morgan fingerprint density at radius 2 is 0.600 bits per heavy atom. The van der Waals surface area contributed by atoms with Gasteiger partial charge in [0.25, 0.3) is 0 Å². The Morgan fingerprint density at radius 3 is 0.929 bits per heavy atom. The maximum atomic E-state index is 12.8. The summed E-state index contributed by atoms with van der Waals surface area (Å²) in [5.41, 5.74) is 0. The van der Waals surface area contributed by atoms with Crippen LogP contribution < -0.4 is 0 Å². The third-order valence-electron chi connectivity index (χ3n) is 13.0. The quantitative estimate of drug-likeness (QED) is 0.0261. The second kappa shape index (κ2) is 58.4. The van der Waals surface area contributed by atoms with Gasteiger partial charge in [-0.1, -0.05) is 280 Å². The maximum Gasteiger partial charge on any atom is 0.310 e. The van der Waals surface area contributed by atoms with Gasteiger partial charge < -0.3 is 14.2 Å². The molecule has 0 rings (SSSR count). The maximum absolute atomic E-state index is 12.8. The van der Waals surface area contributed by atoms with Crippen LogP contribution in [0.1, 0.15) is 297 Å². The van der Waals surface area contributed by atoms with Crippen LogP contribution in [-0.2, 0) is 28.6 Å². The molecule has 6 heteroatoms. The molecule has 1 atom stereocenters. The number of unbranched alkanes of at least 4 members (excludes halogenated alkanes) is 32. The van der Waals surface area contributed by atoms with E-state index in [9.17, 15) is 14.4 Å². The second-order valence-corrected chi connectivity index (χ2v) is 19.9. The minimum Gasteiger partial charge on any atom is -0.462 e. The van der Waals surface area contributed by atoms with Crippen molar-refractivity contribution in [1.29, 1.82) is 0 Å². The zero-order valence-corrected chi connectivity index (χ0v) is 46.3. The molecule has 0 saturated carbocycles. The largest absolute Gasteiger partial charge is 0.462 e. The molecule has 404 valence electrons. The second-order valence-electron chi connectivity index (χ2n) is 19.9. The number of esters is 3. The van der Waals surface area contributed by atoms with Crippen LogP contribution in [-0.4, -0.2) is 37.2 Å². The molecule has 0 aromatic rings. The Balaban J connectivity index is 4.23. The fourth-order valence-electron chi connectivity index (χ4n) is 8.51. The van der Waals surface area contributed by atoms with E-state index in [1.807, 2.05) is 6.08 Å². The Kier molecular flexibility index (Phi) is 55.8. The molecule has 0 aromatic heterocycles. The third-order valence-corrected chi connectivity index (χ3v) is 13.0. The number of hydrogen-bond donors (Lipinski definition) is 0. The number of allylic oxidation sites excluding steroid dienone is 11. The summed E-state index contributed by atoms with van der Waals surface area (Å²) in [7, 11) is 0. The van der Waals surface area contributed by atoms with Crippen molar-refractivity contribution in [3.8, 4) is 0 Å². The highest BCUT2D eigenvalue weighted by atomic mass is 16.6. The Labute approximate surface area is 433 Å². The first-order valence-corrected chi connectivity index (χ1v) is 29.9. The third kappa shape index (κ3) is 55.8. The van der Waals surface area contributed by atoms with Gasteiger partial charge in [0.2, 0.25) is 0 Å². The van der Waals surface area contributed by atoms with Crippen LogP contribution in [0.3, 0.4) is 0 Å². The first kappa shape index (κ1) is 66.9. The SMILES string of the molecule is CC/C=C\C/C=C\C/C=C\C/C=C\C/C=C\CC(=O)OC(COC(=O)CCCCCCCCCCCC)COC(=O)CCCCCCCCCCCCCCCCC/C=C\CCCCCCCCCC. The summed E-state index contributed by atoms with van der Waals surface area (Å²) < 4.78 is 16.7. The molecule has 0 aliphatic rings. The molecular weight excluding hydrogens is 865 g/mol. The Hall–Kier alpha value is -3.15. The van der Waals surface area contributed by atoms with Crippen LogP contribution in [0.4, 0.5) is 0 Å². The van der Waals surface area contributed by atoms with E-state index in [0.717, 1.165) is 70.6 Å². The van der Waals surface area contributed by atoms with Crippen molar-refractivity contribution in [2.75, 3.05) is 13.2 Å². The number of carbonyl (C=O) groups is 3. The van der Waals surface area contributed by atoms with Crippen LogP contribution in [0.15, 0.2) is 72.9 Å². The van der Waals surface area contributed by atoms with Crippen molar-refractivity contribution in [3.05, 3.63) is 72.9 Å². The zero-order valence-electron chi connectivity index (χ0n) is 46.3. The minimum atomic E-state index is -0.826. The molecule has 70 heavy (non-hydrogen) atoms. The molecule has 0 aromatic carbocycles. The Morgan fingerprint density at radius 1 is 0.314 bits per heavy atom. The molecule has 6 nitrogen and oxygen atoms in total. The molecule has 0 heterocycles. The predicted molar refractivity (Wildman–Crippen MR) is 302 cm³/mol. The summed E-state index contributed by atoms with van der Waals surface area (Å²) in [5, 5.41) is 0. The highest BCUT2D eigenvalue weighted by molar-refractivity contribution is 5.72. The van der Waals surface area contributed by atoms with Gasteiger partial charge in [-0.2, -0.15) is 0 Å². The Bertz CT molecular complexity index is 1310. The molecule has 0 bridgehead atoms. The first-order chi connectivity index (χ1) is 34.5. The fourth-order valence-corrected chi connectivity index (χ4v) is 8.51. The highest BCUT2D eigenvalue weighted by Crippen LogP contribution is 2.16. The lowest BCUT2D eigenvalue weighted by Gasteiger charge is -2.18. The van der Waals surface area contributed by atoms with Crippen molar-refractivity contribution in [2.45, 2.75) is 303 Å². The van der Waals surface area contributed by atoms with E-state index in [1.54, 1.807) is 6.08 Å². The molecule has 0 N–H and O–H groups in total. The van der Waals surface area contributed by atoms with Gasteiger partial charge in [-0.25, -0.2) is 0 Å². The monoisotopic (exact) mass is 977 g/mol. The number of rotatable bonds is 54.